The number of hydrogen-bond acceptors (Lipinski definition) is 4. The number of hydrogen-bond donors (Lipinski definition) is 1. The highest BCUT2D eigenvalue weighted by Crippen LogP contribution is 2.28. The van der Waals surface area contributed by atoms with Gasteiger partial charge in [0.05, 0.1) is 10.6 Å². The summed E-state index contributed by atoms with van der Waals surface area (Å²) in [6.45, 7) is 12.7. The summed E-state index contributed by atoms with van der Waals surface area (Å²) in [7, 11) is -4.09. The van der Waals surface area contributed by atoms with Crippen molar-refractivity contribution >= 4 is 27.5 Å². The normalized spacial score (nSPS) is 12.5. The Balaban J connectivity index is 2.07. The number of carbonyl (C=O) groups is 2. The van der Waals surface area contributed by atoms with Gasteiger partial charge in [-0.05, 0) is 83.4 Å². The molecular formula is C31H39N3O4S. The van der Waals surface area contributed by atoms with Gasteiger partial charge >= 0.3 is 0 Å². The lowest BCUT2D eigenvalue weighted by molar-refractivity contribution is -0.140. The first-order valence-corrected chi connectivity index (χ1v) is 14.5. The van der Waals surface area contributed by atoms with E-state index in [1.165, 1.54) is 17.0 Å². The van der Waals surface area contributed by atoms with Crippen molar-refractivity contribution in [1.29, 1.82) is 0 Å². The third-order valence-corrected chi connectivity index (χ3v) is 8.27. The fourth-order valence-corrected chi connectivity index (χ4v) is 5.85. The number of carbonyl (C=O) groups excluding carboxylic acids is 2. The van der Waals surface area contributed by atoms with Gasteiger partial charge in [0.15, 0.2) is 0 Å². The largest absolute Gasteiger partial charge is 0.350 e. The summed E-state index contributed by atoms with van der Waals surface area (Å²) in [6.07, 6.45) is 0. The summed E-state index contributed by atoms with van der Waals surface area (Å²) in [5, 5.41) is 2.95. The molecule has 0 spiro atoms. The van der Waals surface area contributed by atoms with Crippen LogP contribution in [-0.2, 0) is 26.2 Å². The van der Waals surface area contributed by atoms with Crippen LogP contribution in [0.25, 0.3) is 0 Å². The monoisotopic (exact) mass is 549 g/mol. The Morgan fingerprint density at radius 2 is 1.49 bits per heavy atom. The molecule has 3 aromatic carbocycles. The Kier molecular flexibility index (Phi) is 9.22. The molecule has 3 rings (SSSR count). The van der Waals surface area contributed by atoms with Crippen molar-refractivity contribution in [2.45, 2.75) is 71.5 Å². The van der Waals surface area contributed by atoms with Crippen LogP contribution in [0.3, 0.4) is 0 Å². The summed E-state index contributed by atoms with van der Waals surface area (Å²) in [4.78, 5) is 28.8. The molecule has 0 fully saturated rings. The van der Waals surface area contributed by atoms with Gasteiger partial charge in [-0.15, -0.1) is 0 Å². The van der Waals surface area contributed by atoms with Crippen molar-refractivity contribution in [3.05, 3.63) is 95.1 Å². The van der Waals surface area contributed by atoms with E-state index in [-0.39, 0.29) is 17.3 Å². The summed E-state index contributed by atoms with van der Waals surface area (Å²) >= 11 is 0. The molecule has 0 aliphatic carbocycles. The molecule has 0 heterocycles. The summed E-state index contributed by atoms with van der Waals surface area (Å²) in [6, 6.07) is 20.3. The molecule has 7 nitrogen and oxygen atoms in total. The minimum absolute atomic E-state index is 0.0850. The average Bonchev–Trinajstić information content (AvgIpc) is 2.86. The highest BCUT2D eigenvalue weighted by molar-refractivity contribution is 7.92. The van der Waals surface area contributed by atoms with Gasteiger partial charge in [-0.2, -0.15) is 0 Å². The number of sulfonamides is 1. The van der Waals surface area contributed by atoms with E-state index in [1.807, 2.05) is 77.9 Å². The topological polar surface area (TPSA) is 86.8 Å². The zero-order valence-corrected chi connectivity index (χ0v) is 24.7. The summed E-state index contributed by atoms with van der Waals surface area (Å²) < 4.78 is 29.0. The third kappa shape index (κ3) is 7.47. The van der Waals surface area contributed by atoms with Gasteiger partial charge in [-0.1, -0.05) is 60.2 Å². The lowest BCUT2D eigenvalue weighted by atomic mass is 10.1. The van der Waals surface area contributed by atoms with E-state index in [0.717, 1.165) is 26.6 Å². The van der Waals surface area contributed by atoms with Crippen LogP contribution in [0.5, 0.6) is 0 Å². The minimum atomic E-state index is -4.09. The molecule has 0 aliphatic heterocycles. The van der Waals surface area contributed by atoms with Crippen molar-refractivity contribution in [1.82, 2.24) is 10.2 Å². The molecule has 8 heteroatoms. The predicted octanol–water partition coefficient (Wildman–Crippen LogP) is 5.14. The van der Waals surface area contributed by atoms with Crippen LogP contribution in [0.15, 0.2) is 77.7 Å². The van der Waals surface area contributed by atoms with E-state index in [4.69, 9.17) is 0 Å². The zero-order chi connectivity index (χ0) is 29.0. The lowest BCUT2D eigenvalue weighted by Gasteiger charge is -2.34. The van der Waals surface area contributed by atoms with Crippen LogP contribution < -0.4 is 9.62 Å². The maximum Gasteiger partial charge on any atom is 0.264 e. The van der Waals surface area contributed by atoms with Gasteiger partial charge in [0.1, 0.15) is 12.6 Å². The highest BCUT2D eigenvalue weighted by Gasteiger charge is 2.34. The molecule has 0 aromatic heterocycles. The van der Waals surface area contributed by atoms with Gasteiger partial charge in [0, 0.05) is 12.1 Å². The third-order valence-electron chi connectivity index (χ3n) is 6.50. The van der Waals surface area contributed by atoms with E-state index in [2.05, 4.69) is 5.32 Å². The lowest BCUT2D eigenvalue weighted by Crippen LogP contribution is -2.54. The van der Waals surface area contributed by atoms with E-state index in [0.29, 0.717) is 5.69 Å². The average molecular weight is 550 g/mol. The summed E-state index contributed by atoms with van der Waals surface area (Å²) in [5.41, 5.74) is 3.48. The number of anilines is 1. The summed E-state index contributed by atoms with van der Waals surface area (Å²) in [5.74, 6) is -0.789. The smallest absolute Gasteiger partial charge is 0.264 e. The van der Waals surface area contributed by atoms with Crippen LogP contribution >= 0.6 is 0 Å². The Morgan fingerprint density at radius 1 is 0.872 bits per heavy atom. The van der Waals surface area contributed by atoms with Crippen LogP contribution in [-0.4, -0.2) is 43.3 Å². The number of rotatable bonds is 9. The molecular weight excluding hydrogens is 510 g/mol. The Labute approximate surface area is 232 Å². The molecule has 0 unspecified atom stereocenters. The number of nitrogens with one attached hydrogen (secondary N) is 1. The molecule has 2 amide bonds. The maximum absolute atomic E-state index is 14.1. The second-order valence-corrected chi connectivity index (χ2v) is 12.8. The van der Waals surface area contributed by atoms with Gasteiger partial charge in [-0.25, -0.2) is 8.42 Å². The molecule has 0 bridgehead atoms. The maximum atomic E-state index is 14.1. The zero-order valence-electron chi connectivity index (χ0n) is 23.9. The minimum Gasteiger partial charge on any atom is -0.350 e. The molecule has 208 valence electrons. The molecule has 0 saturated heterocycles. The first-order valence-electron chi connectivity index (χ1n) is 13.0. The fraction of sp³-hybridized carbons (Fsp3) is 0.355. The Bertz CT molecular complexity index is 1430. The Morgan fingerprint density at radius 3 is 2.08 bits per heavy atom. The van der Waals surface area contributed by atoms with Crippen LogP contribution in [0, 0.1) is 20.8 Å². The molecule has 3 aromatic rings. The molecule has 1 atom stereocenters. The van der Waals surface area contributed by atoms with Crippen LogP contribution in [0.4, 0.5) is 5.69 Å². The number of benzene rings is 3. The predicted molar refractivity (Wildman–Crippen MR) is 156 cm³/mol. The van der Waals surface area contributed by atoms with Crippen molar-refractivity contribution in [2.24, 2.45) is 0 Å². The van der Waals surface area contributed by atoms with Gasteiger partial charge in [0.2, 0.25) is 11.8 Å². The second kappa shape index (κ2) is 12.0. The molecule has 1 N–H and O–H groups in total. The standard InChI is InChI=1S/C31H39N3O4S/c1-22-17-18-28(24(3)19-22)34(39(37,38)27-15-9-8-10-16-27)21-29(35)33(20-26-14-12-11-13-23(26)2)25(4)30(36)32-31(5,6)7/h8-19,25H,20-21H2,1-7H3,(H,32,36)/t25-/m0/s1. The first-order chi connectivity index (χ1) is 18.2. The van der Waals surface area contributed by atoms with E-state index in [1.54, 1.807) is 31.2 Å². The number of nitrogens with zero attached hydrogens (tertiary/aromatic N) is 2. The quantitative estimate of drug-likeness (QED) is 0.401. The van der Waals surface area contributed by atoms with Crippen LogP contribution in [0.1, 0.15) is 49.9 Å². The van der Waals surface area contributed by atoms with Crippen LogP contribution in [0.2, 0.25) is 0 Å². The molecule has 0 aliphatic rings. The van der Waals surface area contributed by atoms with Crippen molar-refractivity contribution < 1.29 is 18.0 Å². The van der Waals surface area contributed by atoms with E-state index < -0.39 is 34.1 Å². The second-order valence-electron chi connectivity index (χ2n) is 11.0. The molecule has 0 saturated carbocycles. The number of aryl methyl sites for hydroxylation is 3. The Hall–Kier alpha value is -3.65. The highest BCUT2D eigenvalue weighted by atomic mass is 32.2. The van der Waals surface area contributed by atoms with E-state index in [9.17, 15) is 18.0 Å². The van der Waals surface area contributed by atoms with E-state index >= 15 is 0 Å². The first kappa shape index (κ1) is 29.9. The SMILES string of the molecule is Cc1ccc(N(CC(=O)N(Cc2ccccc2C)[C@@H](C)C(=O)NC(C)(C)C)S(=O)(=O)c2ccccc2)c(C)c1. The van der Waals surface area contributed by atoms with Gasteiger partial charge < -0.3 is 10.2 Å². The van der Waals surface area contributed by atoms with Crippen molar-refractivity contribution in [3.8, 4) is 0 Å². The molecule has 39 heavy (non-hydrogen) atoms. The fourth-order valence-electron chi connectivity index (χ4n) is 4.35. The molecule has 0 radical (unpaired) electrons. The van der Waals surface area contributed by atoms with Crippen molar-refractivity contribution in [3.63, 3.8) is 0 Å². The van der Waals surface area contributed by atoms with Gasteiger partial charge in [-0.3, -0.25) is 13.9 Å². The van der Waals surface area contributed by atoms with Gasteiger partial charge in [0.25, 0.3) is 10.0 Å². The van der Waals surface area contributed by atoms with Crippen molar-refractivity contribution in [2.75, 3.05) is 10.8 Å². The number of amides is 2.